The molecule has 6 nitrogen and oxygen atoms in total. The van der Waals surface area contributed by atoms with E-state index in [9.17, 15) is 9.90 Å². The van der Waals surface area contributed by atoms with E-state index in [0.717, 1.165) is 18.2 Å². The third kappa shape index (κ3) is 8.90. The molecule has 2 rings (SSSR count). The van der Waals surface area contributed by atoms with E-state index in [-0.39, 0.29) is 24.8 Å². The maximum atomic E-state index is 11.2. The van der Waals surface area contributed by atoms with Crippen molar-refractivity contribution in [1.29, 1.82) is 0 Å². The van der Waals surface area contributed by atoms with E-state index in [1.54, 1.807) is 6.33 Å². The van der Waals surface area contributed by atoms with Gasteiger partial charge < -0.3 is 20.1 Å². The van der Waals surface area contributed by atoms with Crippen LogP contribution in [0.1, 0.15) is 50.6 Å². The predicted molar refractivity (Wildman–Crippen MR) is 103 cm³/mol. The van der Waals surface area contributed by atoms with Gasteiger partial charge in [-0.2, -0.15) is 0 Å². The fourth-order valence-electron chi connectivity index (χ4n) is 3.16. The minimum atomic E-state index is -0.946. The maximum Gasteiger partial charge on any atom is 0.333 e. The highest BCUT2D eigenvalue weighted by Gasteiger charge is 2.20. The number of aromatic nitrogens is 2. The number of rotatable bonds is 10. The summed E-state index contributed by atoms with van der Waals surface area (Å²) in [6.07, 6.45) is 11.9. The second-order valence-corrected chi connectivity index (χ2v) is 6.44. The van der Waals surface area contributed by atoms with Crippen LogP contribution in [0.5, 0.6) is 0 Å². The van der Waals surface area contributed by atoms with Crippen molar-refractivity contribution in [3.05, 3.63) is 18.2 Å². The number of halogens is 2. The average Bonchev–Trinajstić information content (AvgIpc) is 3.00. The van der Waals surface area contributed by atoms with Gasteiger partial charge in [-0.25, -0.2) is 9.78 Å². The van der Waals surface area contributed by atoms with Crippen LogP contribution in [-0.2, 0) is 22.5 Å². The van der Waals surface area contributed by atoms with Gasteiger partial charge in [-0.15, -0.1) is 24.8 Å². The largest absolute Gasteiger partial charge is 0.479 e. The molecule has 0 unspecified atom stereocenters. The Bertz CT molecular complexity index is 479. The molecule has 0 aromatic carbocycles. The minimum Gasteiger partial charge on any atom is -0.479 e. The van der Waals surface area contributed by atoms with Crippen LogP contribution in [0, 0.1) is 5.92 Å². The van der Waals surface area contributed by atoms with Crippen molar-refractivity contribution in [1.82, 2.24) is 9.55 Å². The lowest BCUT2D eigenvalue weighted by atomic mass is 9.87. The van der Waals surface area contributed by atoms with Crippen LogP contribution in [-0.4, -0.2) is 39.9 Å². The molecule has 8 heteroatoms. The van der Waals surface area contributed by atoms with Crippen molar-refractivity contribution in [3.8, 4) is 0 Å². The van der Waals surface area contributed by atoms with Gasteiger partial charge in [0.05, 0.1) is 12.0 Å². The Labute approximate surface area is 162 Å². The van der Waals surface area contributed by atoms with Crippen molar-refractivity contribution in [3.63, 3.8) is 0 Å². The van der Waals surface area contributed by atoms with Crippen LogP contribution in [0.3, 0.4) is 0 Å². The molecule has 1 aliphatic rings. The van der Waals surface area contributed by atoms with E-state index in [2.05, 4.69) is 9.55 Å². The summed E-state index contributed by atoms with van der Waals surface area (Å²) < 4.78 is 7.46. The van der Waals surface area contributed by atoms with Gasteiger partial charge in [-0.1, -0.05) is 32.1 Å². The zero-order chi connectivity index (χ0) is 16.5. The standard InChI is InChI=1S/C17H29N3O3.2ClH/c18-8-4-10-23-16(17(21)22)11-15-12-20(13-19-15)9-7-14-5-2-1-3-6-14;;/h12-14,16H,1-11,18H2,(H,21,22);2*1H/t16-;;/m0../s1. The van der Waals surface area contributed by atoms with Crippen LogP contribution in [0.2, 0.25) is 0 Å². The summed E-state index contributed by atoms with van der Waals surface area (Å²) in [5.74, 6) is -0.111. The molecule has 1 fully saturated rings. The molecule has 1 atom stereocenters. The zero-order valence-electron chi connectivity index (χ0n) is 14.6. The van der Waals surface area contributed by atoms with E-state index in [1.807, 2.05) is 6.20 Å². The average molecular weight is 396 g/mol. The van der Waals surface area contributed by atoms with Crippen molar-refractivity contribution >= 4 is 30.8 Å². The Hall–Kier alpha value is -0.820. The quantitative estimate of drug-likeness (QED) is 0.594. The first-order chi connectivity index (χ1) is 11.2. The van der Waals surface area contributed by atoms with Gasteiger partial charge >= 0.3 is 5.97 Å². The van der Waals surface area contributed by atoms with Crippen LogP contribution < -0.4 is 5.73 Å². The topological polar surface area (TPSA) is 90.4 Å². The first kappa shape index (κ1) is 24.2. The molecule has 1 aromatic heterocycles. The Balaban J connectivity index is 0.00000288. The predicted octanol–water partition coefficient (Wildman–Crippen LogP) is 3.06. The van der Waals surface area contributed by atoms with Gasteiger partial charge in [0, 0.05) is 25.8 Å². The minimum absolute atomic E-state index is 0. The molecule has 146 valence electrons. The van der Waals surface area contributed by atoms with E-state index >= 15 is 0 Å². The first-order valence-corrected chi connectivity index (χ1v) is 8.74. The molecule has 25 heavy (non-hydrogen) atoms. The van der Waals surface area contributed by atoms with Gasteiger partial charge in [-0.05, 0) is 25.3 Å². The fourth-order valence-corrected chi connectivity index (χ4v) is 3.16. The number of hydrogen-bond donors (Lipinski definition) is 2. The normalized spacial score (nSPS) is 15.9. The Morgan fingerprint density at radius 2 is 2.08 bits per heavy atom. The van der Waals surface area contributed by atoms with Gasteiger partial charge in [-0.3, -0.25) is 0 Å². The van der Waals surface area contributed by atoms with Crippen LogP contribution >= 0.6 is 24.8 Å². The molecular weight excluding hydrogens is 365 g/mol. The number of nitrogens with zero attached hydrogens (tertiary/aromatic N) is 2. The Morgan fingerprint density at radius 1 is 1.36 bits per heavy atom. The molecule has 0 saturated heterocycles. The first-order valence-electron chi connectivity index (χ1n) is 8.74. The van der Waals surface area contributed by atoms with Crippen LogP contribution in [0.15, 0.2) is 12.5 Å². The van der Waals surface area contributed by atoms with Crippen molar-refractivity contribution in [2.45, 2.75) is 64.0 Å². The third-order valence-electron chi connectivity index (χ3n) is 4.54. The molecule has 0 amide bonds. The Kier molecular flexibility index (Phi) is 13.0. The van der Waals surface area contributed by atoms with E-state index in [1.165, 1.54) is 38.5 Å². The van der Waals surface area contributed by atoms with Crippen LogP contribution in [0.4, 0.5) is 0 Å². The number of nitrogens with two attached hydrogens (primary N) is 1. The van der Waals surface area contributed by atoms with Gasteiger partial charge in [0.25, 0.3) is 0 Å². The molecule has 3 N–H and O–H groups in total. The number of imidazole rings is 1. The molecule has 0 spiro atoms. The molecule has 0 aliphatic heterocycles. The zero-order valence-corrected chi connectivity index (χ0v) is 16.3. The van der Waals surface area contributed by atoms with E-state index in [0.29, 0.717) is 26.0 Å². The number of carbonyl (C=O) groups is 1. The summed E-state index contributed by atoms with van der Waals surface area (Å²) in [5, 5.41) is 9.22. The molecular formula is C17H31Cl2N3O3. The van der Waals surface area contributed by atoms with Crippen molar-refractivity contribution in [2.24, 2.45) is 11.7 Å². The summed E-state index contributed by atoms with van der Waals surface area (Å²) in [7, 11) is 0. The molecule has 0 radical (unpaired) electrons. The lowest BCUT2D eigenvalue weighted by Crippen LogP contribution is -2.27. The number of aliphatic carboxylic acids is 1. The number of aryl methyl sites for hydroxylation is 1. The number of carboxylic acids is 1. The summed E-state index contributed by atoms with van der Waals surface area (Å²) in [6.45, 7) is 1.83. The lowest BCUT2D eigenvalue weighted by molar-refractivity contribution is -0.150. The number of hydrogen-bond acceptors (Lipinski definition) is 4. The smallest absolute Gasteiger partial charge is 0.333 e. The molecule has 1 heterocycles. The second-order valence-electron chi connectivity index (χ2n) is 6.44. The Morgan fingerprint density at radius 3 is 2.72 bits per heavy atom. The molecule has 1 saturated carbocycles. The number of carboxylic acid groups (broad SMARTS) is 1. The van der Waals surface area contributed by atoms with Crippen molar-refractivity contribution < 1.29 is 14.6 Å². The summed E-state index contributed by atoms with van der Waals surface area (Å²) in [5.41, 5.74) is 6.17. The fraction of sp³-hybridized carbons (Fsp3) is 0.765. The molecule has 1 aliphatic carbocycles. The maximum absolute atomic E-state index is 11.2. The highest BCUT2D eigenvalue weighted by Crippen LogP contribution is 2.26. The number of ether oxygens (including phenoxy) is 1. The monoisotopic (exact) mass is 395 g/mol. The summed E-state index contributed by atoms with van der Waals surface area (Å²) in [4.78, 5) is 15.6. The SMILES string of the molecule is Cl.Cl.NCCCO[C@@H](Cc1cn(CCC2CCCCC2)cn1)C(=O)O. The summed E-state index contributed by atoms with van der Waals surface area (Å²) >= 11 is 0. The van der Waals surface area contributed by atoms with E-state index < -0.39 is 12.1 Å². The molecule has 1 aromatic rings. The van der Waals surface area contributed by atoms with E-state index in [4.69, 9.17) is 10.5 Å². The van der Waals surface area contributed by atoms with Gasteiger partial charge in [0.15, 0.2) is 6.10 Å². The van der Waals surface area contributed by atoms with Gasteiger partial charge in [0.1, 0.15) is 0 Å². The van der Waals surface area contributed by atoms with Crippen LogP contribution in [0.25, 0.3) is 0 Å². The molecule has 0 bridgehead atoms. The highest BCUT2D eigenvalue weighted by molar-refractivity contribution is 5.85. The summed E-state index contributed by atoms with van der Waals surface area (Å²) in [6, 6.07) is 0. The lowest BCUT2D eigenvalue weighted by Gasteiger charge is -2.21. The highest BCUT2D eigenvalue weighted by atomic mass is 35.5. The van der Waals surface area contributed by atoms with Crippen molar-refractivity contribution in [2.75, 3.05) is 13.2 Å². The second kappa shape index (κ2) is 13.4. The third-order valence-corrected chi connectivity index (χ3v) is 4.54. The van der Waals surface area contributed by atoms with Gasteiger partial charge in [0.2, 0.25) is 0 Å².